The van der Waals surface area contributed by atoms with Gasteiger partial charge >= 0.3 is 0 Å². The quantitative estimate of drug-likeness (QED) is 0.879. The number of thiophene rings is 1. The number of carbonyl (C=O) groups is 1. The molecular weight excluding hydrogens is 348 g/mol. The lowest BCUT2D eigenvalue weighted by atomic mass is 10.00. The summed E-state index contributed by atoms with van der Waals surface area (Å²) in [4.78, 5) is 11.9. The summed E-state index contributed by atoms with van der Waals surface area (Å²) in [6.07, 6.45) is 3.14. The molecule has 0 aromatic carbocycles. The summed E-state index contributed by atoms with van der Waals surface area (Å²) in [6, 6.07) is 4.97. The van der Waals surface area contributed by atoms with Crippen molar-refractivity contribution in [1.29, 1.82) is 0 Å². The zero-order valence-electron chi connectivity index (χ0n) is 13.4. The Bertz CT molecular complexity index is 796. The maximum Gasteiger partial charge on any atom is 0.286 e. The van der Waals surface area contributed by atoms with Crippen molar-refractivity contribution in [3.63, 3.8) is 0 Å². The second-order valence-electron chi connectivity index (χ2n) is 6.00. The molecule has 130 valence electrons. The number of hydrogen-bond acceptors (Lipinski definition) is 5. The molecule has 6 nitrogen and oxygen atoms in total. The van der Waals surface area contributed by atoms with Crippen molar-refractivity contribution < 1.29 is 17.6 Å². The fourth-order valence-electron chi connectivity index (χ4n) is 2.81. The highest BCUT2D eigenvalue weighted by Gasteiger charge is 2.31. The Balaban J connectivity index is 1.61. The minimum Gasteiger partial charge on any atom is -0.459 e. The molecule has 0 unspecified atom stereocenters. The Labute approximate surface area is 145 Å². The third-order valence-electron chi connectivity index (χ3n) is 4.08. The number of rotatable bonds is 5. The van der Waals surface area contributed by atoms with E-state index in [1.54, 1.807) is 18.2 Å². The molecule has 24 heavy (non-hydrogen) atoms. The zero-order valence-corrected chi connectivity index (χ0v) is 15.0. The molecule has 3 heterocycles. The van der Waals surface area contributed by atoms with E-state index < -0.39 is 10.0 Å². The van der Waals surface area contributed by atoms with E-state index in [2.05, 4.69) is 5.32 Å². The van der Waals surface area contributed by atoms with Crippen LogP contribution in [0.1, 0.15) is 29.0 Å². The van der Waals surface area contributed by atoms with Gasteiger partial charge in [0.05, 0.1) is 6.26 Å². The van der Waals surface area contributed by atoms with Gasteiger partial charge in [-0.05, 0) is 54.8 Å². The van der Waals surface area contributed by atoms with Gasteiger partial charge in [-0.25, -0.2) is 8.42 Å². The minimum atomic E-state index is -3.44. The van der Waals surface area contributed by atoms with E-state index in [1.807, 2.05) is 12.3 Å². The smallest absolute Gasteiger partial charge is 0.286 e. The number of sulfonamides is 1. The van der Waals surface area contributed by atoms with Crippen molar-refractivity contribution in [2.75, 3.05) is 19.6 Å². The fraction of sp³-hybridized carbons (Fsp3) is 0.438. The summed E-state index contributed by atoms with van der Waals surface area (Å²) in [5, 5.41) is 4.66. The summed E-state index contributed by atoms with van der Waals surface area (Å²) >= 11 is 1.26. The maximum absolute atomic E-state index is 12.7. The molecule has 3 rings (SSSR count). The summed E-state index contributed by atoms with van der Waals surface area (Å²) in [7, 11) is -3.44. The van der Waals surface area contributed by atoms with E-state index in [1.165, 1.54) is 21.9 Å². The molecule has 1 amide bonds. The summed E-state index contributed by atoms with van der Waals surface area (Å²) in [5.74, 6) is 0.103. The molecule has 8 heteroatoms. The average molecular weight is 368 g/mol. The molecule has 1 aliphatic rings. The Hall–Kier alpha value is -1.64. The third kappa shape index (κ3) is 3.71. The average Bonchev–Trinajstić information content (AvgIpc) is 3.24. The van der Waals surface area contributed by atoms with E-state index in [-0.39, 0.29) is 17.6 Å². The van der Waals surface area contributed by atoms with Crippen molar-refractivity contribution in [2.24, 2.45) is 5.92 Å². The highest BCUT2D eigenvalue weighted by Crippen LogP contribution is 2.27. The minimum absolute atomic E-state index is 0.105. The van der Waals surface area contributed by atoms with Crippen LogP contribution in [0.25, 0.3) is 0 Å². The first-order valence-electron chi connectivity index (χ1n) is 7.84. The molecule has 0 aliphatic carbocycles. The molecule has 0 saturated carbocycles. The Kier molecular flexibility index (Phi) is 5.07. The SMILES string of the molecule is Cc1csc(S(=O)(=O)N2CCC[C@@H](CNC(=O)c3ccco3)C2)c1. The lowest BCUT2D eigenvalue weighted by Crippen LogP contribution is -2.43. The summed E-state index contributed by atoms with van der Waals surface area (Å²) in [6.45, 7) is 3.29. The van der Waals surface area contributed by atoms with Crippen LogP contribution in [-0.4, -0.2) is 38.3 Å². The molecule has 2 aromatic heterocycles. The van der Waals surface area contributed by atoms with Gasteiger partial charge in [-0.3, -0.25) is 4.79 Å². The fourth-order valence-corrected chi connectivity index (χ4v) is 5.75. The number of carbonyl (C=O) groups excluding carboxylic acids is 1. The third-order valence-corrected chi connectivity index (χ3v) is 7.48. The highest BCUT2D eigenvalue weighted by atomic mass is 32.2. The maximum atomic E-state index is 12.7. The van der Waals surface area contributed by atoms with Crippen LogP contribution in [0.15, 0.2) is 38.5 Å². The topological polar surface area (TPSA) is 79.6 Å². The van der Waals surface area contributed by atoms with Crippen molar-refractivity contribution in [3.8, 4) is 0 Å². The number of aryl methyl sites for hydroxylation is 1. The Morgan fingerprint density at radius 3 is 3.00 bits per heavy atom. The van der Waals surface area contributed by atoms with Gasteiger partial charge in [0, 0.05) is 19.6 Å². The zero-order chi connectivity index (χ0) is 17.2. The standard InChI is InChI=1S/C16H20N2O4S2/c1-12-8-15(23-11-12)24(20,21)18-6-2-4-13(10-18)9-17-16(19)14-5-3-7-22-14/h3,5,7-8,11,13H,2,4,6,9-10H2,1H3,(H,17,19)/t13-/m0/s1. The normalized spacial score (nSPS) is 19.3. The van der Waals surface area contributed by atoms with Crippen LogP contribution in [-0.2, 0) is 10.0 Å². The van der Waals surface area contributed by atoms with Gasteiger partial charge in [-0.15, -0.1) is 11.3 Å². The van der Waals surface area contributed by atoms with Gasteiger partial charge in [-0.1, -0.05) is 0 Å². The van der Waals surface area contributed by atoms with Crippen molar-refractivity contribution in [3.05, 3.63) is 41.2 Å². The van der Waals surface area contributed by atoms with E-state index in [0.717, 1.165) is 18.4 Å². The predicted molar refractivity (Wildman–Crippen MR) is 91.6 cm³/mol. The number of hydrogen-bond donors (Lipinski definition) is 1. The first kappa shape index (κ1) is 17.2. The lowest BCUT2D eigenvalue weighted by Gasteiger charge is -2.31. The number of piperidine rings is 1. The van der Waals surface area contributed by atoms with Gasteiger partial charge < -0.3 is 9.73 Å². The van der Waals surface area contributed by atoms with Crippen molar-refractivity contribution in [1.82, 2.24) is 9.62 Å². The first-order chi connectivity index (χ1) is 11.5. The molecule has 0 spiro atoms. The number of furan rings is 1. The molecule has 1 fully saturated rings. The molecule has 0 radical (unpaired) electrons. The van der Waals surface area contributed by atoms with Crippen LogP contribution in [0.3, 0.4) is 0 Å². The van der Waals surface area contributed by atoms with Crippen molar-refractivity contribution in [2.45, 2.75) is 24.0 Å². The highest BCUT2D eigenvalue weighted by molar-refractivity contribution is 7.91. The van der Waals surface area contributed by atoms with Gasteiger partial charge in [0.2, 0.25) is 0 Å². The molecule has 1 atom stereocenters. The Morgan fingerprint density at radius 2 is 2.33 bits per heavy atom. The van der Waals surface area contributed by atoms with E-state index >= 15 is 0 Å². The first-order valence-corrected chi connectivity index (χ1v) is 10.2. The van der Waals surface area contributed by atoms with Gasteiger partial charge in [-0.2, -0.15) is 4.31 Å². The summed E-state index contributed by atoms with van der Waals surface area (Å²) < 4.78 is 32.4. The van der Waals surface area contributed by atoms with E-state index in [4.69, 9.17) is 4.42 Å². The van der Waals surface area contributed by atoms with E-state index in [0.29, 0.717) is 23.8 Å². The predicted octanol–water partition coefficient (Wildman–Crippen LogP) is 2.48. The summed E-state index contributed by atoms with van der Waals surface area (Å²) in [5.41, 5.74) is 0.956. The van der Waals surface area contributed by atoms with Gasteiger partial charge in [0.25, 0.3) is 15.9 Å². The van der Waals surface area contributed by atoms with Crippen LogP contribution < -0.4 is 5.32 Å². The van der Waals surface area contributed by atoms with E-state index in [9.17, 15) is 13.2 Å². The second kappa shape index (κ2) is 7.08. The van der Waals surface area contributed by atoms with Crippen LogP contribution >= 0.6 is 11.3 Å². The van der Waals surface area contributed by atoms with Crippen LogP contribution in [0.2, 0.25) is 0 Å². The van der Waals surface area contributed by atoms with Crippen molar-refractivity contribution >= 4 is 27.3 Å². The number of nitrogens with zero attached hydrogens (tertiary/aromatic N) is 1. The molecular formula is C16H20N2O4S2. The van der Waals surface area contributed by atoms with Crippen LogP contribution in [0.5, 0.6) is 0 Å². The molecule has 2 aromatic rings. The largest absolute Gasteiger partial charge is 0.459 e. The van der Waals surface area contributed by atoms with Gasteiger partial charge in [0.15, 0.2) is 5.76 Å². The molecule has 1 N–H and O–H groups in total. The molecule has 0 bridgehead atoms. The molecule has 1 aliphatic heterocycles. The van der Waals surface area contributed by atoms with Gasteiger partial charge in [0.1, 0.15) is 4.21 Å². The van der Waals surface area contributed by atoms with Crippen LogP contribution in [0.4, 0.5) is 0 Å². The number of nitrogens with one attached hydrogen (secondary N) is 1. The lowest BCUT2D eigenvalue weighted by molar-refractivity contribution is 0.0914. The van der Waals surface area contributed by atoms with Crippen LogP contribution in [0, 0.1) is 12.8 Å². The Morgan fingerprint density at radius 1 is 1.50 bits per heavy atom. The second-order valence-corrected chi connectivity index (χ2v) is 9.08. The molecule has 1 saturated heterocycles. The number of amides is 1. The monoisotopic (exact) mass is 368 g/mol.